The SMILES string of the molecule is CCOC(=O)C1=C2NCCN2C(=O)[C@H](NC(=O)c2ccccc2)[C@@]1(C)COC(C)=O. The van der Waals surface area contributed by atoms with Gasteiger partial charge >= 0.3 is 11.9 Å². The number of rotatable bonds is 6. The van der Waals surface area contributed by atoms with E-state index in [9.17, 15) is 19.2 Å². The van der Waals surface area contributed by atoms with E-state index < -0.39 is 29.3 Å². The number of carbonyl (C=O) groups is 4. The van der Waals surface area contributed by atoms with Crippen LogP contribution in [-0.4, -0.2) is 61.0 Å². The van der Waals surface area contributed by atoms with Crippen LogP contribution >= 0.6 is 0 Å². The molecule has 3 rings (SSSR count). The zero-order valence-electron chi connectivity index (χ0n) is 17.2. The van der Waals surface area contributed by atoms with Crippen LogP contribution in [-0.2, 0) is 23.9 Å². The molecule has 0 spiro atoms. The molecule has 0 bridgehead atoms. The van der Waals surface area contributed by atoms with Crippen LogP contribution < -0.4 is 10.6 Å². The first-order valence-electron chi connectivity index (χ1n) is 9.76. The molecule has 1 aromatic carbocycles. The fraction of sp³-hybridized carbons (Fsp3) is 0.429. The van der Waals surface area contributed by atoms with Gasteiger partial charge in [-0.1, -0.05) is 18.2 Å². The number of nitrogens with one attached hydrogen (secondary N) is 2. The van der Waals surface area contributed by atoms with Crippen LogP contribution in [0.4, 0.5) is 0 Å². The lowest BCUT2D eigenvalue weighted by molar-refractivity contribution is -0.151. The molecule has 0 saturated carbocycles. The van der Waals surface area contributed by atoms with Crippen molar-refractivity contribution in [3.05, 3.63) is 47.3 Å². The molecule has 0 aliphatic carbocycles. The second-order valence-electron chi connectivity index (χ2n) is 7.33. The van der Waals surface area contributed by atoms with E-state index in [2.05, 4.69) is 10.6 Å². The van der Waals surface area contributed by atoms with Gasteiger partial charge < -0.3 is 20.1 Å². The van der Waals surface area contributed by atoms with E-state index in [1.165, 1.54) is 11.8 Å². The quantitative estimate of drug-likeness (QED) is 0.653. The number of amides is 2. The van der Waals surface area contributed by atoms with Gasteiger partial charge in [-0.3, -0.25) is 19.3 Å². The highest BCUT2D eigenvalue weighted by Gasteiger charge is 2.55. The Morgan fingerprint density at radius 2 is 1.93 bits per heavy atom. The minimum atomic E-state index is -1.33. The van der Waals surface area contributed by atoms with E-state index in [0.717, 1.165) is 0 Å². The van der Waals surface area contributed by atoms with Gasteiger partial charge in [0.25, 0.3) is 11.8 Å². The van der Waals surface area contributed by atoms with E-state index in [0.29, 0.717) is 24.5 Å². The summed E-state index contributed by atoms with van der Waals surface area (Å²) in [4.78, 5) is 52.0. The molecule has 0 aromatic heterocycles. The van der Waals surface area contributed by atoms with Crippen LogP contribution in [0.1, 0.15) is 31.1 Å². The molecule has 2 atom stereocenters. The van der Waals surface area contributed by atoms with Crippen molar-refractivity contribution in [3.8, 4) is 0 Å². The number of carbonyl (C=O) groups excluding carboxylic acids is 4. The van der Waals surface area contributed by atoms with Crippen molar-refractivity contribution in [1.82, 2.24) is 15.5 Å². The Balaban J connectivity index is 2.06. The summed E-state index contributed by atoms with van der Waals surface area (Å²) in [5.74, 6) is -1.72. The fourth-order valence-corrected chi connectivity index (χ4v) is 3.75. The Bertz CT molecular complexity index is 897. The zero-order chi connectivity index (χ0) is 21.9. The standard InChI is InChI=1S/C21H25N3O6/c1-4-29-20(28)15-17-22-10-11-24(17)19(27)16(21(15,3)12-30-13(2)25)23-18(26)14-8-6-5-7-9-14/h5-9,16,22H,4,10-12H2,1-3H3,(H,23,26)/t16-,21-/m0/s1. The maximum atomic E-state index is 13.3. The molecule has 2 amide bonds. The van der Waals surface area contributed by atoms with E-state index in [4.69, 9.17) is 9.47 Å². The molecule has 2 heterocycles. The predicted molar refractivity (Wildman–Crippen MR) is 106 cm³/mol. The molecule has 30 heavy (non-hydrogen) atoms. The number of ether oxygens (including phenoxy) is 2. The largest absolute Gasteiger partial charge is 0.465 e. The van der Waals surface area contributed by atoms with Gasteiger partial charge in [0.2, 0.25) is 0 Å². The second-order valence-corrected chi connectivity index (χ2v) is 7.33. The molecule has 160 valence electrons. The first-order chi connectivity index (χ1) is 14.3. The van der Waals surface area contributed by atoms with Gasteiger partial charge in [0.05, 0.1) is 17.6 Å². The van der Waals surface area contributed by atoms with Crippen molar-refractivity contribution in [2.45, 2.75) is 26.8 Å². The van der Waals surface area contributed by atoms with Crippen LogP contribution in [0.2, 0.25) is 0 Å². The topological polar surface area (TPSA) is 114 Å². The third-order valence-electron chi connectivity index (χ3n) is 5.22. The van der Waals surface area contributed by atoms with Crippen molar-refractivity contribution >= 4 is 23.8 Å². The zero-order valence-corrected chi connectivity index (χ0v) is 17.2. The van der Waals surface area contributed by atoms with Crippen molar-refractivity contribution < 1.29 is 28.7 Å². The third-order valence-corrected chi connectivity index (χ3v) is 5.22. The van der Waals surface area contributed by atoms with Gasteiger partial charge in [-0.25, -0.2) is 4.79 Å². The lowest BCUT2D eigenvalue weighted by Gasteiger charge is -2.43. The molecule has 0 radical (unpaired) electrons. The molecule has 9 nitrogen and oxygen atoms in total. The van der Waals surface area contributed by atoms with E-state index in [-0.39, 0.29) is 24.7 Å². The van der Waals surface area contributed by atoms with Crippen LogP contribution in [0.25, 0.3) is 0 Å². The summed E-state index contributed by atoms with van der Waals surface area (Å²) in [5.41, 5.74) is -0.795. The van der Waals surface area contributed by atoms with Crippen molar-refractivity contribution in [2.75, 3.05) is 26.3 Å². The first-order valence-corrected chi connectivity index (χ1v) is 9.76. The van der Waals surface area contributed by atoms with Gasteiger partial charge in [-0.15, -0.1) is 0 Å². The number of hydrogen-bond donors (Lipinski definition) is 2. The van der Waals surface area contributed by atoms with Crippen molar-refractivity contribution in [1.29, 1.82) is 0 Å². The van der Waals surface area contributed by atoms with Gasteiger partial charge in [-0.2, -0.15) is 0 Å². The molecule has 9 heteroatoms. The molecule has 1 saturated heterocycles. The van der Waals surface area contributed by atoms with Crippen LogP contribution in [0.15, 0.2) is 41.7 Å². The maximum absolute atomic E-state index is 13.3. The molecule has 2 N–H and O–H groups in total. The summed E-state index contributed by atoms with van der Waals surface area (Å²) >= 11 is 0. The molecular formula is C21H25N3O6. The highest BCUT2D eigenvalue weighted by Crippen LogP contribution is 2.41. The Labute approximate surface area is 174 Å². The molecule has 1 fully saturated rings. The lowest BCUT2D eigenvalue weighted by atomic mass is 9.72. The van der Waals surface area contributed by atoms with Crippen molar-refractivity contribution in [3.63, 3.8) is 0 Å². The number of fused-ring (bicyclic) bond motifs is 1. The highest BCUT2D eigenvalue weighted by molar-refractivity contribution is 6.02. The maximum Gasteiger partial charge on any atom is 0.338 e. The van der Waals surface area contributed by atoms with Gasteiger partial charge in [-0.05, 0) is 26.0 Å². The smallest absolute Gasteiger partial charge is 0.338 e. The van der Waals surface area contributed by atoms with Crippen LogP contribution in [0, 0.1) is 5.41 Å². The molecular weight excluding hydrogens is 390 g/mol. The number of esters is 2. The fourth-order valence-electron chi connectivity index (χ4n) is 3.75. The average molecular weight is 415 g/mol. The van der Waals surface area contributed by atoms with Crippen molar-refractivity contribution in [2.24, 2.45) is 5.41 Å². The molecule has 1 aromatic rings. The summed E-state index contributed by atoms with van der Waals surface area (Å²) in [6.45, 7) is 5.18. The van der Waals surface area contributed by atoms with E-state index in [1.807, 2.05) is 0 Å². The highest BCUT2D eigenvalue weighted by atomic mass is 16.5. The number of nitrogens with zero attached hydrogens (tertiary/aromatic N) is 1. The summed E-state index contributed by atoms with van der Waals surface area (Å²) in [7, 11) is 0. The molecule has 2 aliphatic rings. The molecule has 2 aliphatic heterocycles. The van der Waals surface area contributed by atoms with E-state index >= 15 is 0 Å². The van der Waals surface area contributed by atoms with Gasteiger partial charge in [0.1, 0.15) is 18.5 Å². The van der Waals surface area contributed by atoms with Crippen LogP contribution in [0.3, 0.4) is 0 Å². The molecule has 0 unspecified atom stereocenters. The Morgan fingerprint density at radius 3 is 2.57 bits per heavy atom. The average Bonchev–Trinajstić information content (AvgIpc) is 3.20. The Kier molecular flexibility index (Phi) is 6.09. The summed E-state index contributed by atoms with van der Waals surface area (Å²) in [6.07, 6.45) is 0. The third kappa shape index (κ3) is 3.87. The second kappa shape index (κ2) is 8.56. The minimum absolute atomic E-state index is 0.133. The predicted octanol–water partition coefficient (Wildman–Crippen LogP) is 0.575. The Hall–Kier alpha value is -3.36. The normalized spacial score (nSPS) is 22.8. The van der Waals surface area contributed by atoms with Gasteiger partial charge in [0, 0.05) is 25.6 Å². The van der Waals surface area contributed by atoms with Crippen LogP contribution in [0.5, 0.6) is 0 Å². The Morgan fingerprint density at radius 1 is 1.23 bits per heavy atom. The summed E-state index contributed by atoms with van der Waals surface area (Å²) < 4.78 is 10.5. The van der Waals surface area contributed by atoms with Gasteiger partial charge in [0.15, 0.2) is 0 Å². The minimum Gasteiger partial charge on any atom is -0.465 e. The lowest BCUT2D eigenvalue weighted by Crippen LogP contribution is -2.62. The summed E-state index contributed by atoms with van der Waals surface area (Å²) in [6, 6.07) is 7.31. The summed E-state index contributed by atoms with van der Waals surface area (Å²) in [5, 5.41) is 5.81. The first kappa shape index (κ1) is 21.4. The number of benzene rings is 1. The number of hydrogen-bond acceptors (Lipinski definition) is 7. The monoisotopic (exact) mass is 415 g/mol. The van der Waals surface area contributed by atoms with E-state index in [1.54, 1.807) is 44.2 Å².